The van der Waals surface area contributed by atoms with Gasteiger partial charge in [-0.15, -0.1) is 0 Å². The molecule has 5 rings (SSSR count). The maximum Gasteiger partial charge on any atom is 0.264 e. The van der Waals surface area contributed by atoms with Gasteiger partial charge in [-0.2, -0.15) is 0 Å². The summed E-state index contributed by atoms with van der Waals surface area (Å²) in [6, 6.07) is 42.1. The Kier molecular flexibility index (Phi) is 7.55. The lowest BCUT2D eigenvalue weighted by Gasteiger charge is -2.30. The Hall–Kier alpha value is -3.93. The van der Waals surface area contributed by atoms with E-state index in [2.05, 4.69) is 67.7 Å². The van der Waals surface area contributed by atoms with Gasteiger partial charge in [0.05, 0.1) is 11.4 Å². The molecule has 0 fully saturated rings. The number of fused-ring (bicyclic) bond motifs is 1. The molecule has 0 bridgehead atoms. The van der Waals surface area contributed by atoms with Crippen molar-refractivity contribution in [1.82, 2.24) is 4.31 Å². The Balaban J connectivity index is 1.73. The normalized spacial score (nSPS) is 12.4. The Morgan fingerprint density at radius 3 is 1.97 bits per heavy atom. The molecule has 39 heavy (non-hydrogen) atoms. The zero-order chi connectivity index (χ0) is 27.5. The van der Waals surface area contributed by atoms with E-state index in [9.17, 15) is 8.42 Å². The molecule has 0 heterocycles. The molecule has 0 atom stereocenters. The molecular formula is C34H33NO2SSi. The van der Waals surface area contributed by atoms with Crippen molar-refractivity contribution in [2.75, 3.05) is 0 Å². The van der Waals surface area contributed by atoms with Gasteiger partial charge in [0.2, 0.25) is 0 Å². The number of aryl methyl sites for hydroxylation is 1. The van der Waals surface area contributed by atoms with Crippen molar-refractivity contribution >= 4 is 39.3 Å². The van der Waals surface area contributed by atoms with Crippen LogP contribution in [0, 0.1) is 6.92 Å². The predicted octanol–water partition coefficient (Wildman–Crippen LogP) is 7.54. The van der Waals surface area contributed by atoms with Crippen LogP contribution in [0.15, 0.2) is 138 Å². The maximum atomic E-state index is 14.2. The third kappa shape index (κ3) is 5.75. The highest BCUT2D eigenvalue weighted by Gasteiger charge is 2.32. The van der Waals surface area contributed by atoms with Crippen molar-refractivity contribution in [3.63, 3.8) is 0 Å². The number of benzene rings is 5. The number of rotatable bonds is 8. The zero-order valence-corrected chi connectivity index (χ0v) is 24.4. The van der Waals surface area contributed by atoms with Crippen LogP contribution in [0.2, 0.25) is 13.1 Å². The van der Waals surface area contributed by atoms with E-state index in [4.69, 9.17) is 0 Å². The van der Waals surface area contributed by atoms with E-state index < -0.39 is 18.1 Å². The molecule has 0 aliphatic heterocycles. The number of nitrogens with zero attached hydrogens (tertiary/aromatic N) is 1. The summed E-state index contributed by atoms with van der Waals surface area (Å²) >= 11 is 0. The lowest BCUT2D eigenvalue weighted by Crippen LogP contribution is -2.44. The molecule has 3 nitrogen and oxygen atoms in total. The summed E-state index contributed by atoms with van der Waals surface area (Å²) in [6.45, 7) is 6.79. The van der Waals surface area contributed by atoms with Crippen LogP contribution in [0.4, 0.5) is 0 Å². The first kappa shape index (κ1) is 26.7. The van der Waals surface area contributed by atoms with E-state index in [1.165, 1.54) is 9.49 Å². The first-order valence-electron chi connectivity index (χ1n) is 13.1. The summed E-state index contributed by atoms with van der Waals surface area (Å²) in [5.41, 5.74) is 3.00. The largest absolute Gasteiger partial charge is 0.269 e. The lowest BCUT2D eigenvalue weighted by molar-refractivity contribution is 0.496. The summed E-state index contributed by atoms with van der Waals surface area (Å²) in [4.78, 5) is 0.289. The molecule has 5 aromatic rings. The summed E-state index contributed by atoms with van der Waals surface area (Å²) in [7, 11) is -6.18. The van der Waals surface area contributed by atoms with Gasteiger partial charge in [-0.1, -0.05) is 133 Å². The van der Waals surface area contributed by atoms with Crippen molar-refractivity contribution in [2.45, 2.75) is 31.5 Å². The third-order valence-corrected chi connectivity index (χ3v) is 12.6. The Morgan fingerprint density at radius 2 is 1.31 bits per heavy atom. The Labute approximate surface area is 233 Å². The van der Waals surface area contributed by atoms with Gasteiger partial charge in [-0.05, 0) is 52.2 Å². The van der Waals surface area contributed by atoms with Crippen LogP contribution >= 0.6 is 0 Å². The van der Waals surface area contributed by atoms with Crippen LogP contribution in [0.25, 0.3) is 16.0 Å². The van der Waals surface area contributed by atoms with E-state index in [0.29, 0.717) is 0 Å². The van der Waals surface area contributed by atoms with Gasteiger partial charge in [0.25, 0.3) is 10.0 Å². The zero-order valence-electron chi connectivity index (χ0n) is 22.6. The van der Waals surface area contributed by atoms with Crippen LogP contribution in [0.3, 0.4) is 0 Å². The minimum absolute atomic E-state index is 0.243. The van der Waals surface area contributed by atoms with Crippen LogP contribution < -0.4 is 5.19 Å². The third-order valence-electron chi connectivity index (χ3n) is 7.31. The van der Waals surface area contributed by atoms with Crippen molar-refractivity contribution in [1.29, 1.82) is 0 Å². The highest BCUT2D eigenvalue weighted by molar-refractivity contribution is 7.89. The van der Waals surface area contributed by atoms with Crippen LogP contribution in [-0.4, -0.2) is 20.8 Å². The highest BCUT2D eigenvalue weighted by Crippen LogP contribution is 2.31. The molecule has 0 aliphatic rings. The molecule has 5 aromatic carbocycles. The second-order valence-corrected chi connectivity index (χ2v) is 16.7. The summed E-state index contributed by atoms with van der Waals surface area (Å²) in [6.07, 6.45) is 1.91. The SMILES string of the molecule is Cc1ccc(S(=O)(=O)N(/C=C(\c2ccc3ccccc3c2)[Si](C)(C)c2ccccc2)Cc2ccccc2)cc1. The van der Waals surface area contributed by atoms with Gasteiger partial charge in [0.1, 0.15) is 8.07 Å². The molecule has 0 saturated heterocycles. The van der Waals surface area contributed by atoms with Crippen molar-refractivity contribution < 1.29 is 8.42 Å². The van der Waals surface area contributed by atoms with Crippen LogP contribution in [0.5, 0.6) is 0 Å². The molecule has 0 aromatic heterocycles. The number of hydrogen-bond donors (Lipinski definition) is 0. The number of sulfonamides is 1. The van der Waals surface area contributed by atoms with Gasteiger partial charge >= 0.3 is 0 Å². The van der Waals surface area contributed by atoms with Crippen LogP contribution in [-0.2, 0) is 16.6 Å². The van der Waals surface area contributed by atoms with Crippen molar-refractivity contribution in [3.05, 3.63) is 150 Å². The second kappa shape index (κ2) is 11.0. The fraction of sp³-hybridized carbons (Fsp3) is 0.118. The van der Waals surface area contributed by atoms with E-state index in [0.717, 1.165) is 32.7 Å². The monoisotopic (exact) mass is 547 g/mol. The molecule has 0 aliphatic carbocycles. The van der Waals surface area contributed by atoms with Crippen molar-refractivity contribution in [3.8, 4) is 0 Å². The van der Waals surface area contributed by atoms with Gasteiger partial charge in [0.15, 0.2) is 0 Å². The minimum Gasteiger partial charge on any atom is -0.269 e. The van der Waals surface area contributed by atoms with E-state index in [-0.39, 0.29) is 11.4 Å². The summed E-state index contributed by atoms with van der Waals surface area (Å²) in [5.74, 6) is 0. The predicted molar refractivity (Wildman–Crippen MR) is 166 cm³/mol. The van der Waals surface area contributed by atoms with Crippen molar-refractivity contribution in [2.24, 2.45) is 0 Å². The second-order valence-electron chi connectivity index (χ2n) is 10.4. The van der Waals surface area contributed by atoms with Gasteiger partial charge < -0.3 is 0 Å². The quantitative estimate of drug-likeness (QED) is 0.188. The first-order valence-corrected chi connectivity index (χ1v) is 17.6. The topological polar surface area (TPSA) is 37.4 Å². The molecule has 0 radical (unpaired) electrons. The Bertz CT molecular complexity index is 1710. The molecule has 0 unspecified atom stereocenters. The summed E-state index contributed by atoms with van der Waals surface area (Å²) < 4.78 is 29.9. The highest BCUT2D eigenvalue weighted by atomic mass is 32.2. The standard InChI is InChI=1S/C34H33NO2SSi/c1-27-18-22-32(23-19-27)38(36,37)35(25-28-12-6-4-7-13-28)26-34(39(2,3)33-16-8-5-9-17-33)31-21-20-29-14-10-11-15-30(29)24-31/h4-24,26H,25H2,1-3H3/b34-26+. The molecule has 0 N–H and O–H groups in total. The van der Waals surface area contributed by atoms with Gasteiger partial charge in [-0.3, -0.25) is 4.31 Å². The molecular weight excluding hydrogens is 515 g/mol. The van der Waals surface area contributed by atoms with Crippen LogP contribution in [0.1, 0.15) is 16.7 Å². The fourth-order valence-electron chi connectivity index (χ4n) is 4.92. The average Bonchev–Trinajstić information content (AvgIpc) is 2.96. The molecule has 0 spiro atoms. The maximum absolute atomic E-state index is 14.2. The molecule has 0 saturated carbocycles. The van der Waals surface area contributed by atoms with E-state index >= 15 is 0 Å². The van der Waals surface area contributed by atoms with Gasteiger partial charge in [0, 0.05) is 6.20 Å². The number of hydrogen-bond acceptors (Lipinski definition) is 2. The smallest absolute Gasteiger partial charge is 0.264 e. The van der Waals surface area contributed by atoms with Gasteiger partial charge in [-0.25, -0.2) is 8.42 Å². The van der Waals surface area contributed by atoms with E-state index in [1.54, 1.807) is 12.1 Å². The Morgan fingerprint density at radius 1 is 0.718 bits per heavy atom. The average molecular weight is 548 g/mol. The summed E-state index contributed by atoms with van der Waals surface area (Å²) in [5, 5.41) is 4.60. The molecule has 196 valence electrons. The minimum atomic E-state index is -3.82. The first-order chi connectivity index (χ1) is 18.7. The lowest BCUT2D eigenvalue weighted by atomic mass is 10.1. The molecule has 0 amide bonds. The van der Waals surface area contributed by atoms with E-state index in [1.807, 2.05) is 73.8 Å². The molecule has 5 heteroatoms. The fourth-order valence-corrected chi connectivity index (χ4v) is 9.02.